The standard InChI is InChI=1S/C14H18N2O/c1-4-7-13-14(17)11(3)15-16(13)12-9-6-5-8-10(12)2/h5-6,8-9,17H,4,7H2,1-3H3. The molecule has 0 spiro atoms. The zero-order valence-electron chi connectivity index (χ0n) is 10.6. The number of benzene rings is 1. The molecule has 0 unspecified atom stereocenters. The lowest BCUT2D eigenvalue weighted by atomic mass is 10.2. The Balaban J connectivity index is 2.59. The van der Waals surface area contributed by atoms with Crippen molar-refractivity contribution >= 4 is 0 Å². The molecule has 0 amide bonds. The number of hydrogen-bond acceptors (Lipinski definition) is 2. The van der Waals surface area contributed by atoms with Crippen LogP contribution in [-0.2, 0) is 6.42 Å². The topological polar surface area (TPSA) is 38.1 Å². The Labute approximate surface area is 102 Å². The van der Waals surface area contributed by atoms with Crippen LogP contribution in [0.3, 0.4) is 0 Å². The van der Waals surface area contributed by atoms with Crippen LogP contribution in [0.15, 0.2) is 24.3 Å². The van der Waals surface area contributed by atoms with Crippen molar-refractivity contribution in [2.24, 2.45) is 0 Å². The molecule has 2 aromatic rings. The number of nitrogens with zero attached hydrogens (tertiary/aromatic N) is 2. The van der Waals surface area contributed by atoms with Gasteiger partial charge in [0.2, 0.25) is 0 Å². The average Bonchev–Trinajstić information content (AvgIpc) is 2.58. The molecule has 0 aliphatic carbocycles. The van der Waals surface area contributed by atoms with E-state index in [4.69, 9.17) is 0 Å². The fourth-order valence-electron chi connectivity index (χ4n) is 2.03. The molecule has 1 aromatic carbocycles. The Morgan fingerprint density at radius 3 is 2.59 bits per heavy atom. The summed E-state index contributed by atoms with van der Waals surface area (Å²) in [5.41, 5.74) is 3.79. The van der Waals surface area contributed by atoms with E-state index in [2.05, 4.69) is 25.0 Å². The summed E-state index contributed by atoms with van der Waals surface area (Å²) in [5.74, 6) is 0.329. The first-order valence-corrected chi connectivity index (χ1v) is 5.98. The molecule has 0 bridgehead atoms. The largest absolute Gasteiger partial charge is 0.504 e. The molecule has 0 radical (unpaired) electrons. The second kappa shape index (κ2) is 4.62. The van der Waals surface area contributed by atoms with Crippen molar-refractivity contribution in [3.05, 3.63) is 41.2 Å². The third-order valence-electron chi connectivity index (χ3n) is 2.95. The maximum absolute atomic E-state index is 10.0. The Kier molecular flexibility index (Phi) is 3.18. The van der Waals surface area contributed by atoms with Gasteiger partial charge in [-0.2, -0.15) is 5.10 Å². The molecular formula is C14H18N2O. The molecule has 90 valence electrons. The molecule has 1 aromatic heterocycles. The number of para-hydroxylation sites is 1. The van der Waals surface area contributed by atoms with E-state index in [9.17, 15) is 5.11 Å². The van der Waals surface area contributed by atoms with Crippen LogP contribution in [-0.4, -0.2) is 14.9 Å². The van der Waals surface area contributed by atoms with Crippen LogP contribution in [0, 0.1) is 13.8 Å². The van der Waals surface area contributed by atoms with Gasteiger partial charge in [-0.05, 0) is 31.9 Å². The molecule has 17 heavy (non-hydrogen) atoms. The van der Waals surface area contributed by atoms with E-state index in [0.29, 0.717) is 11.4 Å². The van der Waals surface area contributed by atoms with E-state index in [0.717, 1.165) is 29.8 Å². The predicted octanol–water partition coefficient (Wildman–Crippen LogP) is 3.15. The molecule has 0 atom stereocenters. The highest BCUT2D eigenvalue weighted by Gasteiger charge is 2.15. The van der Waals surface area contributed by atoms with Gasteiger partial charge >= 0.3 is 0 Å². The van der Waals surface area contributed by atoms with Gasteiger partial charge in [-0.1, -0.05) is 31.5 Å². The summed E-state index contributed by atoms with van der Waals surface area (Å²) in [5, 5.41) is 14.4. The quantitative estimate of drug-likeness (QED) is 0.879. The van der Waals surface area contributed by atoms with Crippen molar-refractivity contribution in [1.29, 1.82) is 0 Å². The Morgan fingerprint density at radius 1 is 1.24 bits per heavy atom. The highest BCUT2D eigenvalue weighted by atomic mass is 16.3. The fourth-order valence-corrected chi connectivity index (χ4v) is 2.03. The summed E-state index contributed by atoms with van der Waals surface area (Å²) in [6, 6.07) is 8.08. The summed E-state index contributed by atoms with van der Waals surface area (Å²) in [6.07, 6.45) is 1.82. The Bertz CT molecular complexity index is 529. The molecule has 0 aliphatic rings. The van der Waals surface area contributed by atoms with Crippen LogP contribution in [0.25, 0.3) is 5.69 Å². The van der Waals surface area contributed by atoms with E-state index in [1.54, 1.807) is 0 Å². The SMILES string of the molecule is CCCc1c(O)c(C)nn1-c1ccccc1C. The fraction of sp³-hybridized carbons (Fsp3) is 0.357. The van der Waals surface area contributed by atoms with Crippen LogP contribution in [0.2, 0.25) is 0 Å². The van der Waals surface area contributed by atoms with Gasteiger partial charge in [-0.3, -0.25) is 0 Å². The second-order valence-electron chi connectivity index (χ2n) is 4.33. The van der Waals surface area contributed by atoms with Gasteiger partial charge < -0.3 is 5.11 Å². The van der Waals surface area contributed by atoms with Gasteiger partial charge in [0.1, 0.15) is 5.69 Å². The van der Waals surface area contributed by atoms with Crippen LogP contribution in [0.5, 0.6) is 5.75 Å². The molecule has 1 N–H and O–H groups in total. The van der Waals surface area contributed by atoms with E-state index in [-0.39, 0.29) is 0 Å². The zero-order valence-corrected chi connectivity index (χ0v) is 10.6. The van der Waals surface area contributed by atoms with Crippen LogP contribution in [0.4, 0.5) is 0 Å². The maximum Gasteiger partial charge on any atom is 0.160 e. The number of hydrogen-bond donors (Lipinski definition) is 1. The molecule has 0 aliphatic heterocycles. The summed E-state index contributed by atoms with van der Waals surface area (Å²) in [4.78, 5) is 0. The second-order valence-corrected chi connectivity index (χ2v) is 4.33. The van der Waals surface area contributed by atoms with Gasteiger partial charge in [0, 0.05) is 0 Å². The molecule has 0 fully saturated rings. The van der Waals surface area contributed by atoms with E-state index in [1.807, 2.05) is 29.8 Å². The van der Waals surface area contributed by atoms with E-state index < -0.39 is 0 Å². The van der Waals surface area contributed by atoms with Gasteiger partial charge in [0.25, 0.3) is 0 Å². The number of aryl methyl sites for hydroxylation is 2. The van der Waals surface area contributed by atoms with E-state index >= 15 is 0 Å². The van der Waals surface area contributed by atoms with Gasteiger partial charge in [0.05, 0.1) is 11.4 Å². The number of aromatic nitrogens is 2. The van der Waals surface area contributed by atoms with Crippen LogP contribution >= 0.6 is 0 Å². The zero-order chi connectivity index (χ0) is 12.4. The monoisotopic (exact) mass is 230 g/mol. The van der Waals surface area contributed by atoms with E-state index in [1.165, 1.54) is 0 Å². The average molecular weight is 230 g/mol. The van der Waals surface area contributed by atoms with Gasteiger partial charge in [0.15, 0.2) is 5.75 Å². The molecule has 0 saturated carbocycles. The van der Waals surface area contributed by atoms with Crippen molar-refractivity contribution in [2.75, 3.05) is 0 Å². The lowest BCUT2D eigenvalue weighted by molar-refractivity contribution is 0.462. The van der Waals surface area contributed by atoms with Gasteiger partial charge in [-0.15, -0.1) is 0 Å². The van der Waals surface area contributed by atoms with Crippen molar-refractivity contribution in [1.82, 2.24) is 9.78 Å². The first-order valence-electron chi connectivity index (χ1n) is 5.98. The molecule has 1 heterocycles. The van der Waals surface area contributed by atoms with Crippen molar-refractivity contribution in [3.63, 3.8) is 0 Å². The number of rotatable bonds is 3. The van der Waals surface area contributed by atoms with Crippen molar-refractivity contribution < 1.29 is 5.11 Å². The molecule has 3 nitrogen and oxygen atoms in total. The normalized spacial score (nSPS) is 10.8. The summed E-state index contributed by atoms with van der Waals surface area (Å²) >= 11 is 0. The lowest BCUT2D eigenvalue weighted by Crippen LogP contribution is -2.04. The lowest BCUT2D eigenvalue weighted by Gasteiger charge is -2.09. The van der Waals surface area contributed by atoms with Crippen LogP contribution in [0.1, 0.15) is 30.3 Å². The number of aromatic hydroxyl groups is 1. The minimum Gasteiger partial charge on any atom is -0.504 e. The summed E-state index contributed by atoms with van der Waals surface area (Å²) in [7, 11) is 0. The maximum atomic E-state index is 10.0. The van der Waals surface area contributed by atoms with Crippen molar-refractivity contribution in [2.45, 2.75) is 33.6 Å². The molecule has 0 saturated heterocycles. The Hall–Kier alpha value is -1.77. The molecular weight excluding hydrogens is 212 g/mol. The highest BCUT2D eigenvalue weighted by molar-refractivity contribution is 5.44. The summed E-state index contributed by atoms with van der Waals surface area (Å²) in [6.45, 7) is 5.99. The molecule has 3 heteroatoms. The summed E-state index contributed by atoms with van der Waals surface area (Å²) < 4.78 is 1.86. The highest BCUT2D eigenvalue weighted by Crippen LogP contribution is 2.26. The third kappa shape index (κ3) is 2.05. The first-order chi connectivity index (χ1) is 8.15. The smallest absolute Gasteiger partial charge is 0.160 e. The van der Waals surface area contributed by atoms with Crippen LogP contribution < -0.4 is 0 Å². The third-order valence-corrected chi connectivity index (χ3v) is 2.95. The Morgan fingerprint density at radius 2 is 1.94 bits per heavy atom. The minimum atomic E-state index is 0.329. The molecule has 2 rings (SSSR count). The van der Waals surface area contributed by atoms with Crippen molar-refractivity contribution in [3.8, 4) is 11.4 Å². The van der Waals surface area contributed by atoms with Gasteiger partial charge in [-0.25, -0.2) is 4.68 Å². The minimum absolute atomic E-state index is 0.329. The predicted molar refractivity (Wildman–Crippen MR) is 68.7 cm³/mol. The first kappa shape index (κ1) is 11.7.